The van der Waals surface area contributed by atoms with Gasteiger partial charge in [-0.1, -0.05) is 11.6 Å². The number of aromatic nitrogens is 2. The van der Waals surface area contributed by atoms with E-state index in [0.29, 0.717) is 16.5 Å². The van der Waals surface area contributed by atoms with Crippen molar-refractivity contribution in [1.82, 2.24) is 14.9 Å². The van der Waals surface area contributed by atoms with Gasteiger partial charge in [0.15, 0.2) is 0 Å². The number of hydrogen-bond donors (Lipinski definition) is 2. The van der Waals surface area contributed by atoms with E-state index < -0.39 is 0 Å². The van der Waals surface area contributed by atoms with Crippen LogP contribution in [0.25, 0.3) is 0 Å². The molecule has 0 fully saturated rings. The van der Waals surface area contributed by atoms with Gasteiger partial charge in [-0.3, -0.25) is 4.79 Å². The van der Waals surface area contributed by atoms with Crippen LogP contribution in [0.2, 0.25) is 5.02 Å². The molecule has 0 aliphatic rings. The molecule has 0 aliphatic carbocycles. The summed E-state index contributed by atoms with van der Waals surface area (Å²) in [5, 5.41) is 6.58. The molecule has 1 heterocycles. The number of benzene rings is 1. The van der Waals surface area contributed by atoms with Crippen molar-refractivity contribution in [2.45, 2.75) is 6.92 Å². The van der Waals surface area contributed by atoms with E-state index in [1.807, 2.05) is 21.0 Å². The lowest BCUT2D eigenvalue weighted by Crippen LogP contribution is -2.21. The molecule has 0 atom stereocenters. The Balaban J connectivity index is 1.97. The molecule has 1 amide bonds. The molecule has 1 aromatic heterocycles. The van der Waals surface area contributed by atoms with E-state index in [9.17, 15) is 4.79 Å². The second-order valence-corrected chi connectivity index (χ2v) is 5.87. The summed E-state index contributed by atoms with van der Waals surface area (Å²) in [7, 11) is 4.00. The minimum absolute atomic E-state index is 0.262. The average Bonchev–Trinajstić information content (AvgIpc) is 2.50. The molecule has 0 bridgehead atoms. The number of hydrogen-bond acceptors (Lipinski definition) is 5. The highest BCUT2D eigenvalue weighted by molar-refractivity contribution is 6.30. The highest BCUT2D eigenvalue weighted by atomic mass is 35.5. The lowest BCUT2D eigenvalue weighted by molar-refractivity contribution is 0.102. The first-order chi connectivity index (χ1) is 11.0. The first kappa shape index (κ1) is 17.2. The largest absolute Gasteiger partial charge is 0.368 e. The van der Waals surface area contributed by atoms with Crippen LogP contribution in [0.15, 0.2) is 30.6 Å². The fraction of sp³-hybridized carbons (Fsp3) is 0.312. The highest BCUT2D eigenvalue weighted by Gasteiger charge is 2.10. The van der Waals surface area contributed by atoms with Gasteiger partial charge < -0.3 is 15.5 Å². The number of likely N-dealkylation sites (N-methyl/N-ethyl adjacent to an activating group) is 1. The van der Waals surface area contributed by atoms with Crippen molar-refractivity contribution in [2.24, 2.45) is 0 Å². The third-order valence-corrected chi connectivity index (χ3v) is 3.42. The SMILES string of the molecule is Cc1cc(Cl)ccc1NC(=O)c1cnc(NCCN(C)C)cn1. The van der Waals surface area contributed by atoms with E-state index in [2.05, 4.69) is 25.5 Å². The summed E-state index contributed by atoms with van der Waals surface area (Å²) >= 11 is 5.90. The second kappa shape index (κ2) is 7.89. The summed E-state index contributed by atoms with van der Waals surface area (Å²) < 4.78 is 0. The normalized spacial score (nSPS) is 10.7. The molecule has 122 valence electrons. The smallest absolute Gasteiger partial charge is 0.275 e. The van der Waals surface area contributed by atoms with Crippen molar-refractivity contribution in [3.63, 3.8) is 0 Å². The number of nitrogens with zero attached hydrogens (tertiary/aromatic N) is 3. The number of carbonyl (C=O) groups is 1. The summed E-state index contributed by atoms with van der Waals surface area (Å²) in [6.07, 6.45) is 3.01. The molecule has 7 heteroatoms. The number of aryl methyl sites for hydroxylation is 1. The Bertz CT molecular complexity index is 673. The maximum absolute atomic E-state index is 12.2. The second-order valence-electron chi connectivity index (χ2n) is 5.43. The van der Waals surface area contributed by atoms with Crippen LogP contribution in [0.5, 0.6) is 0 Å². The van der Waals surface area contributed by atoms with E-state index in [4.69, 9.17) is 11.6 Å². The van der Waals surface area contributed by atoms with Crippen molar-refractivity contribution >= 4 is 29.0 Å². The average molecular weight is 334 g/mol. The quantitative estimate of drug-likeness (QED) is 0.850. The molecule has 1 aromatic carbocycles. The van der Waals surface area contributed by atoms with Gasteiger partial charge in [-0.25, -0.2) is 9.97 Å². The molecular weight excluding hydrogens is 314 g/mol. The van der Waals surface area contributed by atoms with Gasteiger partial charge in [-0.2, -0.15) is 0 Å². The predicted octanol–water partition coefficient (Wildman–Crippen LogP) is 2.66. The van der Waals surface area contributed by atoms with Crippen molar-refractivity contribution in [3.05, 3.63) is 46.9 Å². The molecule has 6 nitrogen and oxygen atoms in total. The topological polar surface area (TPSA) is 70.2 Å². The fourth-order valence-corrected chi connectivity index (χ4v) is 2.12. The predicted molar refractivity (Wildman–Crippen MR) is 93.2 cm³/mol. The number of halogens is 1. The van der Waals surface area contributed by atoms with Crippen molar-refractivity contribution < 1.29 is 4.79 Å². The molecule has 0 aliphatic heterocycles. The van der Waals surface area contributed by atoms with E-state index in [-0.39, 0.29) is 11.6 Å². The molecule has 0 saturated carbocycles. The minimum Gasteiger partial charge on any atom is -0.368 e. The standard InChI is InChI=1S/C16H20ClN5O/c1-11-8-12(17)4-5-13(11)21-16(23)14-9-20-15(10-19-14)18-6-7-22(2)3/h4-5,8-10H,6-7H2,1-3H3,(H,18,20)(H,21,23). The van der Waals surface area contributed by atoms with Crippen LogP contribution in [-0.2, 0) is 0 Å². The van der Waals surface area contributed by atoms with Gasteiger partial charge in [0.05, 0.1) is 12.4 Å². The molecule has 0 unspecified atom stereocenters. The van der Waals surface area contributed by atoms with Crippen LogP contribution in [0.3, 0.4) is 0 Å². The maximum Gasteiger partial charge on any atom is 0.275 e. The summed E-state index contributed by atoms with van der Waals surface area (Å²) in [5.41, 5.74) is 1.85. The zero-order valence-electron chi connectivity index (χ0n) is 13.4. The number of nitrogens with one attached hydrogen (secondary N) is 2. The fourth-order valence-electron chi connectivity index (χ4n) is 1.90. The maximum atomic E-state index is 12.2. The lowest BCUT2D eigenvalue weighted by Gasteiger charge is -2.11. The van der Waals surface area contributed by atoms with Gasteiger partial charge in [0.25, 0.3) is 5.91 Å². The Morgan fingerprint density at radius 3 is 2.65 bits per heavy atom. The van der Waals surface area contributed by atoms with Gasteiger partial charge in [0.2, 0.25) is 0 Å². The molecule has 0 saturated heterocycles. The lowest BCUT2D eigenvalue weighted by atomic mass is 10.2. The van der Waals surface area contributed by atoms with Crippen LogP contribution in [-0.4, -0.2) is 48.0 Å². The Morgan fingerprint density at radius 1 is 1.26 bits per heavy atom. The van der Waals surface area contributed by atoms with Crippen LogP contribution in [0.1, 0.15) is 16.1 Å². The Hall–Kier alpha value is -2.18. The van der Waals surface area contributed by atoms with Crippen LogP contribution < -0.4 is 10.6 Å². The number of anilines is 2. The summed E-state index contributed by atoms with van der Waals surface area (Å²) in [5.74, 6) is 0.342. The first-order valence-electron chi connectivity index (χ1n) is 7.24. The van der Waals surface area contributed by atoms with Gasteiger partial charge in [-0.15, -0.1) is 0 Å². The van der Waals surface area contributed by atoms with Crippen LogP contribution in [0, 0.1) is 6.92 Å². The molecule has 0 radical (unpaired) electrons. The van der Waals surface area contributed by atoms with Crippen LogP contribution in [0.4, 0.5) is 11.5 Å². The number of amides is 1. The van der Waals surface area contributed by atoms with Crippen molar-refractivity contribution in [3.8, 4) is 0 Å². The zero-order valence-corrected chi connectivity index (χ0v) is 14.2. The molecule has 2 rings (SSSR count). The van der Waals surface area contributed by atoms with Gasteiger partial charge in [-0.05, 0) is 44.8 Å². The van der Waals surface area contributed by atoms with E-state index in [0.717, 1.165) is 18.7 Å². The first-order valence-corrected chi connectivity index (χ1v) is 7.61. The van der Waals surface area contributed by atoms with Crippen LogP contribution >= 0.6 is 11.6 Å². The highest BCUT2D eigenvalue weighted by Crippen LogP contribution is 2.20. The van der Waals surface area contributed by atoms with Gasteiger partial charge in [0, 0.05) is 23.8 Å². The molecular formula is C16H20ClN5O. The Kier molecular flexibility index (Phi) is 5.90. The summed E-state index contributed by atoms with van der Waals surface area (Å²) in [6, 6.07) is 5.29. The monoisotopic (exact) mass is 333 g/mol. The summed E-state index contributed by atoms with van der Waals surface area (Å²) in [6.45, 7) is 3.53. The van der Waals surface area contributed by atoms with E-state index in [1.54, 1.807) is 24.4 Å². The van der Waals surface area contributed by atoms with Gasteiger partial charge >= 0.3 is 0 Å². The zero-order chi connectivity index (χ0) is 16.8. The third-order valence-electron chi connectivity index (χ3n) is 3.19. The van der Waals surface area contributed by atoms with Crippen molar-refractivity contribution in [1.29, 1.82) is 0 Å². The Labute approximate surface area is 140 Å². The number of rotatable bonds is 6. The van der Waals surface area contributed by atoms with E-state index in [1.165, 1.54) is 6.20 Å². The number of carbonyl (C=O) groups excluding carboxylic acids is 1. The van der Waals surface area contributed by atoms with Gasteiger partial charge in [0.1, 0.15) is 11.5 Å². The molecule has 0 spiro atoms. The molecule has 2 aromatic rings. The molecule has 23 heavy (non-hydrogen) atoms. The third kappa shape index (κ3) is 5.19. The minimum atomic E-state index is -0.303. The summed E-state index contributed by atoms with van der Waals surface area (Å²) in [4.78, 5) is 22.6. The van der Waals surface area contributed by atoms with E-state index >= 15 is 0 Å². The Morgan fingerprint density at radius 2 is 2.04 bits per heavy atom. The van der Waals surface area contributed by atoms with Crippen molar-refractivity contribution in [2.75, 3.05) is 37.8 Å². The molecule has 2 N–H and O–H groups in total.